The Hall–Kier alpha value is -2.30. The first-order valence-corrected chi connectivity index (χ1v) is 5.73. The average molecular weight is 244 g/mol. The molecule has 0 fully saturated rings. The van der Waals surface area contributed by atoms with Crippen LogP contribution in [0, 0.1) is 0 Å². The number of hydrogen-bond donors (Lipinski definition) is 2. The first-order valence-electron chi connectivity index (χ1n) is 5.73. The van der Waals surface area contributed by atoms with Crippen molar-refractivity contribution in [3.8, 4) is 5.75 Å². The van der Waals surface area contributed by atoms with Crippen LogP contribution in [0.5, 0.6) is 5.75 Å². The highest BCUT2D eigenvalue weighted by atomic mass is 16.5. The van der Waals surface area contributed by atoms with Crippen LogP contribution in [0.15, 0.2) is 36.7 Å². The molecule has 3 N–H and O–H groups in total. The zero-order valence-corrected chi connectivity index (χ0v) is 10.3. The van der Waals surface area contributed by atoms with Gasteiger partial charge in [-0.1, -0.05) is 18.2 Å². The van der Waals surface area contributed by atoms with Gasteiger partial charge in [0, 0.05) is 6.54 Å². The van der Waals surface area contributed by atoms with Crippen molar-refractivity contribution in [2.75, 3.05) is 24.7 Å². The predicted octanol–water partition coefficient (Wildman–Crippen LogP) is 1.72. The van der Waals surface area contributed by atoms with Crippen LogP contribution in [0.3, 0.4) is 0 Å². The van der Waals surface area contributed by atoms with E-state index >= 15 is 0 Å². The highest BCUT2D eigenvalue weighted by molar-refractivity contribution is 5.37. The Balaban J connectivity index is 1.90. The molecule has 0 radical (unpaired) electrons. The maximum Gasteiger partial charge on any atom is 0.144 e. The molecule has 94 valence electrons. The summed E-state index contributed by atoms with van der Waals surface area (Å²) >= 11 is 0. The number of nitrogen functional groups attached to an aromatic ring is 1. The number of nitrogens with one attached hydrogen (secondary N) is 1. The molecule has 18 heavy (non-hydrogen) atoms. The molecule has 1 heterocycles. The molecule has 2 rings (SSSR count). The van der Waals surface area contributed by atoms with Crippen molar-refractivity contribution in [3.63, 3.8) is 0 Å². The Morgan fingerprint density at radius 2 is 2.06 bits per heavy atom. The normalized spacial score (nSPS) is 10.1. The maximum absolute atomic E-state index is 5.47. The van der Waals surface area contributed by atoms with E-state index in [0.29, 0.717) is 5.82 Å². The smallest absolute Gasteiger partial charge is 0.144 e. The van der Waals surface area contributed by atoms with Gasteiger partial charge in [-0.05, 0) is 18.1 Å². The third-order valence-corrected chi connectivity index (χ3v) is 2.56. The molecular weight excluding hydrogens is 228 g/mol. The van der Waals surface area contributed by atoms with Crippen LogP contribution >= 0.6 is 0 Å². The molecule has 1 aromatic heterocycles. The number of aromatic nitrogens is 2. The Kier molecular flexibility index (Phi) is 3.96. The van der Waals surface area contributed by atoms with Gasteiger partial charge in [0.05, 0.1) is 19.5 Å². The zero-order valence-electron chi connectivity index (χ0n) is 10.3. The molecule has 0 saturated carbocycles. The number of benzene rings is 1. The fourth-order valence-corrected chi connectivity index (χ4v) is 1.66. The standard InChI is InChI=1S/C13H16N4O/c1-18-11-5-3-2-4-10(11)6-7-15-13-9-16-12(14)8-17-13/h2-5,8-9H,6-7H2,1H3,(H2,14,16)(H,15,17). The lowest BCUT2D eigenvalue weighted by molar-refractivity contribution is 0.410. The zero-order chi connectivity index (χ0) is 12.8. The van der Waals surface area contributed by atoms with Crippen molar-refractivity contribution in [2.24, 2.45) is 0 Å². The lowest BCUT2D eigenvalue weighted by Crippen LogP contribution is -2.07. The second-order valence-corrected chi connectivity index (χ2v) is 3.82. The second kappa shape index (κ2) is 5.86. The number of rotatable bonds is 5. The third kappa shape index (κ3) is 3.10. The van der Waals surface area contributed by atoms with Gasteiger partial charge in [0.2, 0.25) is 0 Å². The molecule has 0 aliphatic heterocycles. The minimum Gasteiger partial charge on any atom is -0.496 e. The quantitative estimate of drug-likeness (QED) is 0.837. The van der Waals surface area contributed by atoms with Crippen LogP contribution in [0.1, 0.15) is 5.56 Å². The number of hydrogen-bond acceptors (Lipinski definition) is 5. The first kappa shape index (κ1) is 12.2. The highest BCUT2D eigenvalue weighted by Gasteiger charge is 2.01. The SMILES string of the molecule is COc1ccccc1CCNc1cnc(N)cn1. The lowest BCUT2D eigenvalue weighted by Gasteiger charge is -2.09. The van der Waals surface area contributed by atoms with Crippen LogP contribution in [0.2, 0.25) is 0 Å². The van der Waals surface area contributed by atoms with Gasteiger partial charge in [-0.25, -0.2) is 9.97 Å². The van der Waals surface area contributed by atoms with E-state index in [-0.39, 0.29) is 0 Å². The molecule has 0 spiro atoms. The maximum atomic E-state index is 5.47. The number of nitrogens with two attached hydrogens (primary N) is 1. The summed E-state index contributed by atoms with van der Waals surface area (Å²) in [6.45, 7) is 0.763. The van der Waals surface area contributed by atoms with Gasteiger partial charge in [-0.15, -0.1) is 0 Å². The van der Waals surface area contributed by atoms with Crippen molar-refractivity contribution < 1.29 is 4.74 Å². The van der Waals surface area contributed by atoms with Crippen molar-refractivity contribution in [2.45, 2.75) is 6.42 Å². The Labute approximate surface area is 106 Å². The van der Waals surface area contributed by atoms with E-state index in [2.05, 4.69) is 21.4 Å². The van der Waals surface area contributed by atoms with Gasteiger partial charge in [-0.2, -0.15) is 0 Å². The lowest BCUT2D eigenvalue weighted by atomic mass is 10.1. The third-order valence-electron chi connectivity index (χ3n) is 2.56. The summed E-state index contributed by atoms with van der Waals surface area (Å²) in [4.78, 5) is 8.09. The summed E-state index contributed by atoms with van der Waals surface area (Å²) in [5, 5.41) is 3.19. The summed E-state index contributed by atoms with van der Waals surface area (Å²) in [6.07, 6.45) is 4.01. The van der Waals surface area contributed by atoms with E-state index in [4.69, 9.17) is 10.5 Å². The molecule has 1 aromatic carbocycles. The first-order chi connectivity index (χ1) is 8.79. The van der Waals surface area contributed by atoms with Gasteiger partial charge in [0.1, 0.15) is 17.4 Å². The molecule has 0 aliphatic carbocycles. The Bertz CT molecular complexity index is 499. The number of anilines is 2. The summed E-state index contributed by atoms with van der Waals surface area (Å²) in [5.41, 5.74) is 6.63. The fourth-order valence-electron chi connectivity index (χ4n) is 1.66. The van der Waals surface area contributed by atoms with Gasteiger partial charge in [0.25, 0.3) is 0 Å². The highest BCUT2D eigenvalue weighted by Crippen LogP contribution is 2.17. The van der Waals surface area contributed by atoms with E-state index in [0.717, 1.165) is 30.1 Å². The van der Waals surface area contributed by atoms with E-state index in [1.165, 1.54) is 6.20 Å². The van der Waals surface area contributed by atoms with E-state index in [1.807, 2.05) is 18.2 Å². The molecule has 0 amide bonds. The van der Waals surface area contributed by atoms with Crippen molar-refractivity contribution in [1.82, 2.24) is 9.97 Å². The summed E-state index contributed by atoms with van der Waals surface area (Å²) in [7, 11) is 1.68. The molecule has 2 aromatic rings. The number of para-hydroxylation sites is 1. The number of ether oxygens (including phenoxy) is 1. The van der Waals surface area contributed by atoms with Crippen LogP contribution < -0.4 is 15.8 Å². The van der Waals surface area contributed by atoms with E-state index in [1.54, 1.807) is 13.3 Å². The van der Waals surface area contributed by atoms with Crippen molar-refractivity contribution >= 4 is 11.6 Å². The van der Waals surface area contributed by atoms with Crippen LogP contribution in [0.4, 0.5) is 11.6 Å². The van der Waals surface area contributed by atoms with Gasteiger partial charge in [-0.3, -0.25) is 0 Å². The summed E-state index contributed by atoms with van der Waals surface area (Å²) in [6, 6.07) is 7.97. The molecule has 0 aliphatic rings. The fraction of sp³-hybridized carbons (Fsp3) is 0.231. The topological polar surface area (TPSA) is 73.1 Å². The van der Waals surface area contributed by atoms with Crippen LogP contribution in [0.25, 0.3) is 0 Å². The van der Waals surface area contributed by atoms with Crippen molar-refractivity contribution in [1.29, 1.82) is 0 Å². The largest absolute Gasteiger partial charge is 0.496 e. The van der Waals surface area contributed by atoms with E-state index < -0.39 is 0 Å². The average Bonchev–Trinajstić information content (AvgIpc) is 2.41. The second-order valence-electron chi connectivity index (χ2n) is 3.82. The molecule has 0 bridgehead atoms. The minimum absolute atomic E-state index is 0.422. The minimum atomic E-state index is 0.422. The van der Waals surface area contributed by atoms with Crippen LogP contribution in [-0.2, 0) is 6.42 Å². The summed E-state index contributed by atoms with van der Waals surface area (Å²) in [5.74, 6) is 2.05. The van der Waals surface area contributed by atoms with Crippen molar-refractivity contribution in [3.05, 3.63) is 42.2 Å². The number of nitrogens with zero attached hydrogens (tertiary/aromatic N) is 2. The summed E-state index contributed by atoms with van der Waals surface area (Å²) < 4.78 is 5.29. The van der Waals surface area contributed by atoms with Crippen LogP contribution in [-0.4, -0.2) is 23.6 Å². The number of methoxy groups -OCH3 is 1. The Morgan fingerprint density at radius 1 is 1.22 bits per heavy atom. The monoisotopic (exact) mass is 244 g/mol. The Morgan fingerprint density at radius 3 is 2.78 bits per heavy atom. The molecule has 5 heteroatoms. The molecule has 5 nitrogen and oxygen atoms in total. The van der Waals surface area contributed by atoms with E-state index in [9.17, 15) is 0 Å². The predicted molar refractivity (Wildman–Crippen MR) is 71.6 cm³/mol. The molecular formula is C13H16N4O. The molecule has 0 atom stereocenters. The molecule has 0 unspecified atom stereocenters. The van der Waals surface area contributed by atoms with Gasteiger partial charge in [0.15, 0.2) is 0 Å². The van der Waals surface area contributed by atoms with Gasteiger partial charge < -0.3 is 15.8 Å². The molecule has 0 saturated heterocycles. The van der Waals surface area contributed by atoms with Gasteiger partial charge >= 0.3 is 0 Å².